The number of hydrazone groups is 1. The average molecular weight is 237 g/mol. The number of aromatic nitrogens is 2. The third kappa shape index (κ3) is 2.23. The van der Waals surface area contributed by atoms with Crippen molar-refractivity contribution in [1.82, 2.24) is 15.7 Å². The maximum absolute atomic E-state index is 11.4. The van der Waals surface area contributed by atoms with Gasteiger partial charge >= 0.3 is 0 Å². The zero-order valence-electron chi connectivity index (χ0n) is 7.95. The van der Waals surface area contributed by atoms with Crippen molar-refractivity contribution < 1.29 is 9.42 Å². The molecule has 2 rings (SSSR count). The zero-order chi connectivity index (χ0) is 11.4. The number of nitrogens with two attached hydrogens (primary N) is 1. The Bertz CT molecular complexity index is 504. The lowest BCUT2D eigenvalue weighted by atomic mass is 10.4. The molecule has 0 aliphatic rings. The number of thiophene rings is 1. The first-order valence-corrected chi connectivity index (χ1v) is 5.10. The highest BCUT2D eigenvalue weighted by Gasteiger charge is 2.14. The van der Waals surface area contributed by atoms with E-state index in [1.165, 1.54) is 17.6 Å². The fourth-order valence-corrected chi connectivity index (χ4v) is 1.51. The largest absolute Gasteiger partial charge is 0.379 e. The minimum absolute atomic E-state index is 0.0659. The number of nitrogens with one attached hydrogen (secondary N) is 1. The van der Waals surface area contributed by atoms with Crippen LogP contribution in [0.25, 0.3) is 0 Å². The Morgan fingerprint density at radius 3 is 3.12 bits per heavy atom. The monoisotopic (exact) mass is 237 g/mol. The number of amides is 1. The van der Waals surface area contributed by atoms with Gasteiger partial charge < -0.3 is 5.73 Å². The molecular formula is C8H7N5O2S. The summed E-state index contributed by atoms with van der Waals surface area (Å²) in [5.74, 6) is -0.629. The average Bonchev–Trinajstić information content (AvgIpc) is 2.88. The van der Waals surface area contributed by atoms with E-state index in [0.717, 1.165) is 4.88 Å². The van der Waals surface area contributed by atoms with Gasteiger partial charge in [-0.1, -0.05) is 6.07 Å². The first-order valence-electron chi connectivity index (χ1n) is 4.22. The molecule has 0 spiro atoms. The van der Waals surface area contributed by atoms with E-state index in [-0.39, 0.29) is 11.5 Å². The summed E-state index contributed by atoms with van der Waals surface area (Å²) in [6.45, 7) is 0. The number of nitrogen functional groups attached to an aromatic ring is 1. The van der Waals surface area contributed by atoms with E-state index in [0.29, 0.717) is 0 Å². The number of anilines is 1. The second-order valence-corrected chi connectivity index (χ2v) is 3.69. The van der Waals surface area contributed by atoms with Crippen LogP contribution in [-0.2, 0) is 0 Å². The molecule has 3 N–H and O–H groups in total. The van der Waals surface area contributed by atoms with Crippen molar-refractivity contribution in [2.45, 2.75) is 0 Å². The lowest BCUT2D eigenvalue weighted by Crippen LogP contribution is -2.19. The Morgan fingerprint density at radius 2 is 2.50 bits per heavy atom. The first kappa shape index (κ1) is 10.3. The molecule has 0 saturated heterocycles. The number of hydrogen-bond donors (Lipinski definition) is 2. The van der Waals surface area contributed by atoms with Gasteiger partial charge in [0.2, 0.25) is 11.5 Å². The summed E-state index contributed by atoms with van der Waals surface area (Å²) in [6.07, 6.45) is 1.52. The SMILES string of the molecule is Nc1nonc1C(=O)N/N=C/c1cccs1. The summed E-state index contributed by atoms with van der Waals surface area (Å²) >= 11 is 1.50. The fraction of sp³-hybridized carbons (Fsp3) is 0. The number of nitrogens with zero attached hydrogens (tertiary/aromatic N) is 3. The smallest absolute Gasteiger partial charge is 0.297 e. The quantitative estimate of drug-likeness (QED) is 0.596. The third-order valence-electron chi connectivity index (χ3n) is 1.63. The van der Waals surface area contributed by atoms with Crippen LogP contribution in [0.1, 0.15) is 15.4 Å². The molecule has 0 fully saturated rings. The second-order valence-electron chi connectivity index (χ2n) is 2.71. The van der Waals surface area contributed by atoms with E-state index in [4.69, 9.17) is 5.73 Å². The van der Waals surface area contributed by atoms with Crippen molar-refractivity contribution in [3.8, 4) is 0 Å². The summed E-state index contributed by atoms with van der Waals surface area (Å²) in [6, 6.07) is 3.75. The summed E-state index contributed by atoms with van der Waals surface area (Å²) in [4.78, 5) is 12.3. The van der Waals surface area contributed by atoms with Crippen molar-refractivity contribution >= 4 is 29.3 Å². The van der Waals surface area contributed by atoms with Gasteiger partial charge in [-0.2, -0.15) is 5.10 Å². The van der Waals surface area contributed by atoms with Gasteiger partial charge in [-0.15, -0.1) is 11.3 Å². The van der Waals surface area contributed by atoms with Crippen LogP contribution < -0.4 is 11.2 Å². The van der Waals surface area contributed by atoms with Crippen molar-refractivity contribution in [2.24, 2.45) is 5.10 Å². The van der Waals surface area contributed by atoms with Crippen molar-refractivity contribution in [3.05, 3.63) is 28.1 Å². The summed E-state index contributed by atoms with van der Waals surface area (Å²) < 4.78 is 4.28. The van der Waals surface area contributed by atoms with Gasteiger partial charge in [-0.25, -0.2) is 10.1 Å². The molecule has 0 aromatic carbocycles. The third-order valence-corrected chi connectivity index (χ3v) is 2.44. The second kappa shape index (κ2) is 4.53. The molecule has 0 radical (unpaired) electrons. The van der Waals surface area contributed by atoms with Gasteiger partial charge in [-0.3, -0.25) is 4.79 Å². The maximum Gasteiger partial charge on any atom is 0.297 e. The molecule has 16 heavy (non-hydrogen) atoms. The van der Waals surface area contributed by atoms with Crippen LogP contribution in [0.5, 0.6) is 0 Å². The van der Waals surface area contributed by atoms with Gasteiger partial charge in [0.1, 0.15) is 0 Å². The molecule has 7 nitrogen and oxygen atoms in total. The first-order chi connectivity index (χ1) is 7.77. The molecular weight excluding hydrogens is 230 g/mol. The van der Waals surface area contributed by atoms with Crippen LogP contribution in [0, 0.1) is 0 Å². The van der Waals surface area contributed by atoms with Gasteiger partial charge in [0.15, 0.2) is 0 Å². The number of hydrogen-bond acceptors (Lipinski definition) is 7. The Hall–Kier alpha value is -2.22. The Labute approximate surface area is 93.9 Å². The summed E-state index contributed by atoms with van der Waals surface area (Å²) in [5.41, 5.74) is 7.51. The standard InChI is InChI=1S/C8H7N5O2S/c9-7-6(12-15-13-7)8(14)11-10-4-5-2-1-3-16-5/h1-4H,(H2,9,13)(H,11,14)/b10-4+. The minimum atomic E-state index is -0.563. The van der Waals surface area contributed by atoms with E-state index >= 15 is 0 Å². The molecule has 1 amide bonds. The van der Waals surface area contributed by atoms with E-state index in [1.54, 1.807) is 0 Å². The van der Waals surface area contributed by atoms with Crippen LogP contribution in [0.3, 0.4) is 0 Å². The molecule has 8 heteroatoms. The lowest BCUT2D eigenvalue weighted by molar-refractivity contribution is 0.0946. The van der Waals surface area contributed by atoms with Gasteiger partial charge in [-0.05, 0) is 21.8 Å². The fourth-order valence-electron chi connectivity index (χ4n) is 0.925. The molecule has 0 atom stereocenters. The summed E-state index contributed by atoms with van der Waals surface area (Å²) in [7, 11) is 0. The van der Waals surface area contributed by atoms with Crippen molar-refractivity contribution in [3.63, 3.8) is 0 Å². The van der Waals surface area contributed by atoms with Crippen LogP contribution in [-0.4, -0.2) is 22.4 Å². The van der Waals surface area contributed by atoms with Gasteiger partial charge in [0.25, 0.3) is 5.91 Å². The van der Waals surface area contributed by atoms with Crippen LogP contribution in [0.4, 0.5) is 5.82 Å². The summed E-state index contributed by atoms with van der Waals surface area (Å²) in [5, 5.41) is 12.3. The lowest BCUT2D eigenvalue weighted by Gasteiger charge is -1.93. The van der Waals surface area contributed by atoms with E-state index in [2.05, 4.69) is 25.5 Å². The molecule has 0 saturated carbocycles. The van der Waals surface area contributed by atoms with E-state index in [9.17, 15) is 4.79 Å². The van der Waals surface area contributed by atoms with Gasteiger partial charge in [0.05, 0.1) is 6.21 Å². The molecule has 2 aromatic heterocycles. The Balaban J connectivity index is 1.97. The molecule has 0 aliphatic heterocycles. The number of carbonyl (C=O) groups excluding carboxylic acids is 1. The maximum atomic E-state index is 11.4. The number of rotatable bonds is 3. The van der Waals surface area contributed by atoms with Crippen molar-refractivity contribution in [1.29, 1.82) is 0 Å². The highest BCUT2D eigenvalue weighted by atomic mass is 32.1. The normalized spacial score (nSPS) is 10.8. The Kier molecular flexibility index (Phi) is 2.92. The Morgan fingerprint density at radius 1 is 1.62 bits per heavy atom. The molecule has 2 aromatic rings. The van der Waals surface area contributed by atoms with Crippen LogP contribution in [0.15, 0.2) is 27.2 Å². The molecule has 0 aliphatic carbocycles. The van der Waals surface area contributed by atoms with Gasteiger partial charge in [0, 0.05) is 4.88 Å². The predicted octanol–water partition coefficient (Wildman–Crippen LogP) is 0.477. The van der Waals surface area contributed by atoms with E-state index in [1.807, 2.05) is 17.5 Å². The minimum Gasteiger partial charge on any atom is -0.379 e. The van der Waals surface area contributed by atoms with Crippen molar-refractivity contribution in [2.75, 3.05) is 5.73 Å². The van der Waals surface area contributed by atoms with Crippen LogP contribution >= 0.6 is 11.3 Å². The molecule has 0 bridgehead atoms. The molecule has 82 valence electrons. The highest BCUT2D eigenvalue weighted by Crippen LogP contribution is 2.05. The predicted molar refractivity (Wildman–Crippen MR) is 58.1 cm³/mol. The molecule has 2 heterocycles. The van der Waals surface area contributed by atoms with Crippen LogP contribution in [0.2, 0.25) is 0 Å². The van der Waals surface area contributed by atoms with E-state index < -0.39 is 5.91 Å². The topological polar surface area (TPSA) is 106 Å². The molecule has 0 unspecified atom stereocenters. The highest BCUT2D eigenvalue weighted by molar-refractivity contribution is 7.11. The number of carbonyl (C=O) groups is 1. The zero-order valence-corrected chi connectivity index (χ0v) is 8.77.